The third-order valence-electron chi connectivity index (χ3n) is 1.41. The zero-order valence-electron chi connectivity index (χ0n) is 8.16. The third-order valence-corrected chi connectivity index (χ3v) is 1.41. The summed E-state index contributed by atoms with van der Waals surface area (Å²) >= 11 is 0. The Balaban J connectivity index is 2.87. The van der Waals surface area contributed by atoms with Crippen LogP contribution < -0.4 is 5.73 Å². The van der Waals surface area contributed by atoms with Crippen molar-refractivity contribution in [2.45, 2.75) is 13.8 Å². The van der Waals surface area contributed by atoms with E-state index >= 15 is 0 Å². The highest BCUT2D eigenvalue weighted by Gasteiger charge is 1.92. The van der Waals surface area contributed by atoms with Gasteiger partial charge in [-0.3, -0.25) is 0 Å². The molecule has 14 heavy (non-hydrogen) atoms. The maximum absolute atomic E-state index is 12.5. The van der Waals surface area contributed by atoms with Gasteiger partial charge in [0, 0.05) is 5.71 Å². The van der Waals surface area contributed by atoms with Crippen LogP contribution in [0.4, 0.5) is 10.1 Å². The smallest absolute Gasteiger partial charge is 0.220 e. The Morgan fingerprint density at radius 1 is 1.21 bits per heavy atom. The predicted octanol–water partition coefficient (Wildman–Crippen LogP) is 2.25. The molecule has 0 bridgehead atoms. The number of rotatable bonds is 1. The van der Waals surface area contributed by atoms with Crippen molar-refractivity contribution in [3.05, 3.63) is 30.1 Å². The molecule has 0 heterocycles. The molecule has 0 aliphatic carbocycles. The lowest BCUT2D eigenvalue weighted by Gasteiger charge is -1.95. The summed E-state index contributed by atoms with van der Waals surface area (Å²) in [5.41, 5.74) is 6.93. The van der Waals surface area contributed by atoms with Crippen LogP contribution in [0.15, 0.2) is 34.3 Å². The molecule has 0 saturated carbocycles. The summed E-state index contributed by atoms with van der Waals surface area (Å²) in [4.78, 5) is 7.93. The van der Waals surface area contributed by atoms with Gasteiger partial charge < -0.3 is 5.73 Å². The van der Waals surface area contributed by atoms with E-state index in [9.17, 15) is 4.39 Å². The van der Waals surface area contributed by atoms with E-state index in [2.05, 4.69) is 9.98 Å². The molecule has 1 aromatic carbocycles. The van der Waals surface area contributed by atoms with Crippen LogP contribution >= 0.6 is 0 Å². The summed E-state index contributed by atoms with van der Waals surface area (Å²) in [7, 11) is 0. The molecule has 0 saturated heterocycles. The molecule has 2 N–H and O–H groups in total. The van der Waals surface area contributed by atoms with E-state index in [-0.39, 0.29) is 11.8 Å². The lowest BCUT2D eigenvalue weighted by atomic mass is 10.3. The zero-order valence-corrected chi connectivity index (χ0v) is 8.16. The van der Waals surface area contributed by atoms with Crippen molar-refractivity contribution in [1.82, 2.24) is 0 Å². The first-order chi connectivity index (χ1) is 6.58. The van der Waals surface area contributed by atoms with Gasteiger partial charge in [-0.15, -0.1) is 0 Å². The molecule has 1 aromatic rings. The van der Waals surface area contributed by atoms with Crippen LogP contribution in [0.3, 0.4) is 0 Å². The van der Waals surface area contributed by atoms with Gasteiger partial charge in [0.25, 0.3) is 0 Å². The van der Waals surface area contributed by atoms with Gasteiger partial charge in [0.1, 0.15) is 5.82 Å². The van der Waals surface area contributed by atoms with Gasteiger partial charge >= 0.3 is 0 Å². The van der Waals surface area contributed by atoms with E-state index in [0.717, 1.165) is 5.71 Å². The van der Waals surface area contributed by atoms with Crippen molar-refractivity contribution >= 4 is 17.4 Å². The van der Waals surface area contributed by atoms with Gasteiger partial charge in [0.15, 0.2) is 0 Å². The van der Waals surface area contributed by atoms with Crippen LogP contribution in [0, 0.1) is 5.82 Å². The molecule has 0 fully saturated rings. The molecule has 4 heteroatoms. The third kappa shape index (κ3) is 3.35. The van der Waals surface area contributed by atoms with Crippen molar-refractivity contribution in [3.8, 4) is 0 Å². The molecular weight excluding hydrogens is 181 g/mol. The first kappa shape index (κ1) is 10.4. The fraction of sp³-hybridized carbons (Fsp3) is 0.200. The highest BCUT2D eigenvalue weighted by molar-refractivity contribution is 5.94. The monoisotopic (exact) mass is 193 g/mol. The molecule has 74 valence electrons. The number of guanidine groups is 1. The number of nitrogens with zero attached hydrogens (tertiary/aromatic N) is 2. The minimum absolute atomic E-state index is 0.177. The molecular formula is C10H12FN3. The van der Waals surface area contributed by atoms with E-state index in [1.807, 2.05) is 13.8 Å². The van der Waals surface area contributed by atoms with Crippen molar-refractivity contribution < 1.29 is 4.39 Å². The largest absolute Gasteiger partial charge is 0.368 e. The van der Waals surface area contributed by atoms with Crippen molar-refractivity contribution in [2.75, 3.05) is 0 Å². The lowest BCUT2D eigenvalue weighted by molar-refractivity contribution is 0.628. The average Bonchev–Trinajstić information content (AvgIpc) is 2.07. The Hall–Kier alpha value is -1.71. The SMILES string of the molecule is CC(C)=NC(N)=Nc1ccc(F)cc1. The Kier molecular flexibility index (Phi) is 3.34. The molecule has 0 atom stereocenters. The number of aliphatic imine (C=N–C) groups is 2. The first-order valence-corrected chi connectivity index (χ1v) is 4.19. The minimum Gasteiger partial charge on any atom is -0.368 e. The Labute approximate surface area is 82.2 Å². The van der Waals surface area contributed by atoms with Gasteiger partial charge in [-0.25, -0.2) is 14.4 Å². The maximum atomic E-state index is 12.5. The average molecular weight is 193 g/mol. The summed E-state index contributed by atoms with van der Waals surface area (Å²) in [6.07, 6.45) is 0. The van der Waals surface area contributed by atoms with E-state index in [1.165, 1.54) is 12.1 Å². The highest BCUT2D eigenvalue weighted by atomic mass is 19.1. The number of benzene rings is 1. The first-order valence-electron chi connectivity index (χ1n) is 4.19. The molecule has 0 unspecified atom stereocenters. The molecule has 0 aromatic heterocycles. The van der Waals surface area contributed by atoms with E-state index in [1.54, 1.807) is 12.1 Å². The standard InChI is InChI=1S/C10H12FN3/c1-7(2)13-10(12)14-9-5-3-8(11)4-6-9/h3-6H,1-2H3,(H2,12,14). The fourth-order valence-electron chi connectivity index (χ4n) is 0.902. The summed E-state index contributed by atoms with van der Waals surface area (Å²) in [6, 6.07) is 5.74. The number of hydrogen-bond acceptors (Lipinski definition) is 1. The Morgan fingerprint density at radius 2 is 1.79 bits per heavy atom. The summed E-state index contributed by atoms with van der Waals surface area (Å²) in [6.45, 7) is 3.65. The van der Waals surface area contributed by atoms with E-state index < -0.39 is 0 Å². The van der Waals surface area contributed by atoms with Crippen molar-refractivity contribution in [3.63, 3.8) is 0 Å². The molecule has 0 spiro atoms. The van der Waals surface area contributed by atoms with Gasteiger partial charge in [-0.2, -0.15) is 0 Å². The molecule has 1 rings (SSSR count). The Morgan fingerprint density at radius 3 is 2.29 bits per heavy atom. The molecule has 0 aliphatic heterocycles. The second-order valence-electron chi connectivity index (χ2n) is 3.01. The molecule has 0 amide bonds. The zero-order chi connectivity index (χ0) is 10.6. The number of nitrogens with two attached hydrogens (primary N) is 1. The second-order valence-corrected chi connectivity index (χ2v) is 3.01. The van der Waals surface area contributed by atoms with Crippen molar-refractivity contribution in [1.29, 1.82) is 0 Å². The van der Waals surface area contributed by atoms with Gasteiger partial charge in [-0.1, -0.05) is 0 Å². The maximum Gasteiger partial charge on any atom is 0.220 e. The number of hydrogen-bond donors (Lipinski definition) is 1. The Bertz CT molecular complexity index is 361. The summed E-state index contributed by atoms with van der Waals surface area (Å²) in [5.74, 6) is -0.116. The lowest BCUT2D eigenvalue weighted by Crippen LogP contribution is -2.09. The van der Waals surface area contributed by atoms with Crippen LogP contribution in [-0.4, -0.2) is 11.7 Å². The van der Waals surface area contributed by atoms with Gasteiger partial charge in [0.2, 0.25) is 5.96 Å². The van der Waals surface area contributed by atoms with Crippen LogP contribution in [0.5, 0.6) is 0 Å². The fourth-order valence-corrected chi connectivity index (χ4v) is 0.902. The van der Waals surface area contributed by atoms with E-state index in [0.29, 0.717) is 5.69 Å². The highest BCUT2D eigenvalue weighted by Crippen LogP contribution is 2.11. The minimum atomic E-state index is -0.294. The molecule has 0 aliphatic rings. The van der Waals surface area contributed by atoms with Crippen LogP contribution in [0.1, 0.15) is 13.8 Å². The second kappa shape index (κ2) is 4.50. The number of halogens is 1. The van der Waals surface area contributed by atoms with Gasteiger partial charge in [0.05, 0.1) is 5.69 Å². The van der Waals surface area contributed by atoms with Gasteiger partial charge in [-0.05, 0) is 38.1 Å². The van der Waals surface area contributed by atoms with Crippen LogP contribution in [0.2, 0.25) is 0 Å². The predicted molar refractivity (Wildman–Crippen MR) is 56.5 cm³/mol. The van der Waals surface area contributed by atoms with Crippen molar-refractivity contribution in [2.24, 2.45) is 15.7 Å². The quantitative estimate of drug-likeness (QED) is 0.539. The van der Waals surface area contributed by atoms with Crippen LogP contribution in [-0.2, 0) is 0 Å². The topological polar surface area (TPSA) is 50.7 Å². The summed E-state index contributed by atoms with van der Waals surface area (Å²) in [5, 5.41) is 0. The molecule has 3 nitrogen and oxygen atoms in total. The molecule has 0 radical (unpaired) electrons. The normalized spacial score (nSPS) is 11.2. The van der Waals surface area contributed by atoms with E-state index in [4.69, 9.17) is 5.73 Å². The van der Waals surface area contributed by atoms with Crippen LogP contribution in [0.25, 0.3) is 0 Å². The summed E-state index contributed by atoms with van der Waals surface area (Å²) < 4.78 is 12.5.